The van der Waals surface area contributed by atoms with Gasteiger partial charge in [0.2, 0.25) is 28.5 Å². The predicted octanol–water partition coefficient (Wildman–Crippen LogP) is 28.4. The maximum atomic E-state index is 2.51. The summed E-state index contributed by atoms with van der Waals surface area (Å²) in [6.45, 7) is 83.5. The second kappa shape index (κ2) is 39.2. The van der Waals surface area contributed by atoms with Crippen LogP contribution in [0.4, 0.5) is 0 Å². The Hall–Kier alpha value is -9.67. The van der Waals surface area contributed by atoms with Crippen molar-refractivity contribution in [2.45, 2.75) is 287 Å². The largest absolute Gasteiger partial charge is 0.220 e. The number of aromatic nitrogens is 5. The number of benzene rings is 10. The first-order chi connectivity index (χ1) is 61.7. The molecule has 1 saturated carbocycles. The number of nitrogens with zero attached hydrogens (tertiary/aromatic N) is 5. The molecule has 696 valence electrons. The van der Waals surface area contributed by atoms with Gasteiger partial charge in [-0.2, -0.15) is 22.8 Å². The molecule has 1 aliphatic carbocycles. The average molecular weight is 1850 g/mol. The summed E-state index contributed by atoms with van der Waals surface area (Å²) in [6.07, 6.45) is 5.46. The Kier molecular flexibility index (Phi) is 30.2. The van der Waals surface area contributed by atoms with Crippen molar-refractivity contribution in [3.63, 3.8) is 0 Å². The van der Waals surface area contributed by atoms with Crippen molar-refractivity contribution in [3.05, 3.63) is 294 Å². The van der Waals surface area contributed by atoms with Crippen molar-refractivity contribution in [2.24, 2.45) is 35.2 Å². The van der Waals surface area contributed by atoms with Crippen LogP contribution in [0.15, 0.2) is 188 Å². The van der Waals surface area contributed by atoms with E-state index in [1.54, 1.807) is 5.56 Å². The molecule has 10 aromatic carbocycles. The summed E-state index contributed by atoms with van der Waals surface area (Å²) in [7, 11) is 4.38. The molecule has 133 heavy (non-hydrogen) atoms. The predicted molar refractivity (Wildman–Crippen MR) is 597 cm³/mol. The number of aryl methyl sites for hydroxylation is 12. The Morgan fingerprint density at radius 3 is 0.842 bits per heavy atom. The third-order valence-corrected chi connectivity index (χ3v) is 40.1. The molecule has 0 unspecified atom stereocenters. The zero-order valence-electron chi connectivity index (χ0n) is 90.1. The summed E-state index contributed by atoms with van der Waals surface area (Å²) in [6, 6.07) is 73.3. The molecule has 1 aliphatic rings. The third-order valence-electron chi connectivity index (χ3n) is 29.9. The quantitative estimate of drug-likeness (QED) is 0.0858. The molecule has 0 N–H and O–H groups in total. The lowest BCUT2D eigenvalue weighted by molar-refractivity contribution is -0.665. The zero-order valence-corrected chi connectivity index (χ0v) is 95.1. The Morgan fingerprint density at radius 1 is 0.263 bits per heavy atom. The molecular formula is C123H164N5Si5+5. The van der Waals surface area contributed by atoms with Gasteiger partial charge in [0.15, 0.2) is 28.5 Å². The van der Waals surface area contributed by atoms with Crippen LogP contribution in [0.1, 0.15) is 178 Å². The maximum absolute atomic E-state index is 2.51. The highest BCUT2D eigenvalue weighted by atomic mass is 28.3. The van der Waals surface area contributed by atoms with Crippen molar-refractivity contribution in [1.82, 2.24) is 0 Å². The van der Waals surface area contributed by atoms with Gasteiger partial charge in [0.05, 0.1) is 89.6 Å². The Morgan fingerprint density at radius 2 is 0.534 bits per heavy atom. The van der Waals surface area contributed by atoms with Crippen LogP contribution in [-0.2, 0) is 40.7 Å². The van der Waals surface area contributed by atoms with E-state index in [2.05, 4.69) is 490 Å². The van der Waals surface area contributed by atoms with E-state index in [-0.39, 0.29) is 5.41 Å². The fourth-order valence-corrected chi connectivity index (χ4v) is 25.6. The highest BCUT2D eigenvalue weighted by molar-refractivity contribution is 6.90. The van der Waals surface area contributed by atoms with Gasteiger partial charge < -0.3 is 0 Å². The van der Waals surface area contributed by atoms with Crippen LogP contribution in [0.25, 0.3) is 110 Å². The molecule has 0 aliphatic heterocycles. The summed E-state index contributed by atoms with van der Waals surface area (Å²) in [4.78, 5) is 0. The minimum atomic E-state index is -1.34. The number of pyridine rings is 5. The van der Waals surface area contributed by atoms with Gasteiger partial charge in [-0.05, 0) is 261 Å². The van der Waals surface area contributed by atoms with Crippen molar-refractivity contribution >= 4 is 120 Å². The lowest BCUT2D eigenvalue weighted by atomic mass is 9.83. The topological polar surface area (TPSA) is 19.4 Å². The Balaban J connectivity index is 0.000000150. The van der Waals surface area contributed by atoms with E-state index in [0.717, 1.165) is 5.92 Å². The molecule has 5 heterocycles. The molecule has 0 saturated heterocycles. The highest BCUT2D eigenvalue weighted by Gasteiger charge is 2.33. The molecule has 1 fully saturated rings. The lowest BCUT2D eigenvalue weighted by Gasteiger charge is -2.22. The van der Waals surface area contributed by atoms with Crippen LogP contribution >= 0.6 is 0 Å². The summed E-state index contributed by atoms with van der Waals surface area (Å²) in [5, 5.41) is 21.3. The molecule has 0 bridgehead atoms. The number of fused-ring (bicyclic) bond motifs is 5. The normalized spacial score (nSPS) is 12.9. The molecule has 0 spiro atoms. The zero-order chi connectivity index (χ0) is 98.2. The minimum absolute atomic E-state index is 0.135. The molecule has 0 atom stereocenters. The number of hydrogen-bond donors (Lipinski definition) is 0. The SMILES string of the molecule is Cc1cc(C(C)(C)C)cc(-c2c3ccc([Si](C)(C)C)cc3cc(C)[n+]2C)c1C.Cc1cc(C(C)C)cc(-c2c3ccc([Si](C)(C)C)cc3cc(C)[n+]2C)c1C.Cc1cc(C)c(C)c(-c2c3ccc([Si](C)(C)C)cc3cc(C)[n+]2C)c1.Cc1cc(C2CCCC2)cc(-c2c3ccc([Si](C)(C)C)cc3cc(C)[n+]2C)c1C.Cc1ccc(C)c(-c2c3ccc([Si](C)(C)C)cc3cc(C)[n+]2C)c1. The second-order valence-corrected chi connectivity index (χ2v) is 72.1. The van der Waals surface area contributed by atoms with Gasteiger partial charge >= 0.3 is 0 Å². The van der Waals surface area contributed by atoms with E-state index >= 15 is 0 Å². The third kappa shape index (κ3) is 22.1. The van der Waals surface area contributed by atoms with Gasteiger partial charge in [-0.25, -0.2) is 0 Å². The van der Waals surface area contributed by atoms with E-state index in [4.69, 9.17) is 0 Å². The van der Waals surface area contributed by atoms with E-state index in [9.17, 15) is 0 Å². The summed E-state index contributed by atoms with van der Waals surface area (Å²) >= 11 is 0. The monoisotopic (exact) mass is 1850 g/mol. The van der Waals surface area contributed by atoms with Crippen molar-refractivity contribution < 1.29 is 22.8 Å². The van der Waals surface area contributed by atoms with Gasteiger partial charge in [-0.15, -0.1) is 0 Å². The van der Waals surface area contributed by atoms with Crippen molar-refractivity contribution in [2.75, 3.05) is 0 Å². The van der Waals surface area contributed by atoms with Crippen LogP contribution < -0.4 is 48.8 Å². The van der Waals surface area contributed by atoms with E-state index in [1.165, 1.54) is 263 Å². The molecular weight excluding hydrogens is 1690 g/mol. The van der Waals surface area contributed by atoms with Crippen molar-refractivity contribution in [3.8, 4) is 56.3 Å². The van der Waals surface area contributed by atoms with E-state index in [1.807, 2.05) is 0 Å². The van der Waals surface area contributed by atoms with Crippen LogP contribution in [0.2, 0.25) is 98.2 Å². The first-order valence-corrected chi connectivity index (χ1v) is 67.0. The molecule has 5 nitrogen and oxygen atoms in total. The molecule has 15 aromatic rings. The van der Waals surface area contributed by atoms with Gasteiger partial charge in [0, 0.05) is 70.5 Å². The molecule has 16 rings (SSSR count). The van der Waals surface area contributed by atoms with Crippen LogP contribution in [-0.4, -0.2) is 40.4 Å². The fraction of sp³-hybridized carbons (Fsp3) is 0.390. The van der Waals surface area contributed by atoms with Crippen molar-refractivity contribution in [1.29, 1.82) is 0 Å². The number of rotatable bonds is 12. The second-order valence-electron chi connectivity index (χ2n) is 46.7. The summed E-state index contributed by atoms with van der Waals surface area (Å²) in [5.74, 6) is 1.27. The molecule has 0 radical (unpaired) electrons. The number of hydrogen-bond acceptors (Lipinski definition) is 0. The summed E-state index contributed by atoms with van der Waals surface area (Å²) < 4.78 is 11.8. The molecule has 10 heteroatoms. The Bertz CT molecular complexity index is 7030. The fourth-order valence-electron chi connectivity index (χ4n) is 19.8. The molecule has 0 amide bonds. The van der Waals surface area contributed by atoms with Gasteiger partial charge in [-0.1, -0.05) is 280 Å². The van der Waals surface area contributed by atoms with Gasteiger partial charge in [0.1, 0.15) is 35.2 Å². The first kappa shape index (κ1) is 102. The van der Waals surface area contributed by atoms with Crippen LogP contribution in [0.3, 0.4) is 0 Å². The first-order valence-electron chi connectivity index (χ1n) is 49.5. The lowest BCUT2D eigenvalue weighted by Crippen LogP contribution is -2.38. The van der Waals surface area contributed by atoms with Gasteiger partial charge in [-0.3, -0.25) is 0 Å². The standard InChI is InChI=1S/C27H36NSi.C26H36NSi.C25H34NSi.C23H30NSi.C22H28NSi/c1-18-14-22(21-10-8-9-11-21)17-26(20(18)3)27-25-13-12-24(29(5,6)7)16-23(25)15-19(2)28(27)4;1-17-13-21(26(4,5)6)16-24(19(17)3)25-23-12-11-22(28(8,9)10)15-20(23)14-18(2)27(25)7;1-16(2)20-12-17(3)19(5)24(15-20)25-23-11-10-22(27(7,8)9)14-21(23)13-18(4)26(25)6;1-15-11-16(2)18(4)22(12-15)23-21-10-9-20(25(6,7)8)14-19(21)13-17(3)24(23)5;1-15-8-9-16(2)21(12-15)22-20-11-10-19(24(5,6)7)14-18(20)13-17(3)23(22)4/h12-17,21H,8-11H2,1-7H3;11-16H,1-10H3;10-16H,1-9H3;9-14H,1-8H3;8-14H,1-7H3/q5*+1. The van der Waals surface area contributed by atoms with E-state index in [0.29, 0.717) is 5.92 Å². The van der Waals surface area contributed by atoms with Crippen LogP contribution in [0, 0.1) is 111 Å². The van der Waals surface area contributed by atoms with E-state index < -0.39 is 40.4 Å². The van der Waals surface area contributed by atoms with Crippen LogP contribution in [0.5, 0.6) is 0 Å². The average Bonchev–Trinajstić information content (AvgIpc) is 1.07. The summed E-state index contributed by atoms with van der Waals surface area (Å²) in [5.41, 5.74) is 39.7. The smallest absolute Gasteiger partial charge is 0.198 e. The molecule has 5 aromatic heterocycles. The van der Waals surface area contributed by atoms with Gasteiger partial charge in [0.25, 0.3) is 0 Å². The maximum Gasteiger partial charge on any atom is 0.220 e. The Labute approximate surface area is 809 Å². The highest BCUT2D eigenvalue weighted by Crippen LogP contribution is 2.42. The minimum Gasteiger partial charge on any atom is -0.198 e.